The van der Waals surface area contributed by atoms with Crippen LogP contribution in [-0.2, 0) is 30.3 Å². The van der Waals surface area contributed by atoms with Crippen molar-refractivity contribution in [3.8, 4) is 0 Å². The Bertz CT molecular complexity index is 1880. The number of amides is 3. The van der Waals surface area contributed by atoms with Gasteiger partial charge in [0.1, 0.15) is 30.0 Å². The number of allylic oxidation sites excluding steroid dienone is 2. The summed E-state index contributed by atoms with van der Waals surface area (Å²) in [6.45, 7) is 5.61. The molecule has 274 valence electrons. The molecule has 3 aromatic rings. The first-order chi connectivity index (χ1) is 25.0. The van der Waals surface area contributed by atoms with Crippen molar-refractivity contribution >= 4 is 46.3 Å². The van der Waals surface area contributed by atoms with Gasteiger partial charge in [0, 0.05) is 42.9 Å². The molecule has 2 aliphatic rings. The van der Waals surface area contributed by atoms with Crippen molar-refractivity contribution in [2.45, 2.75) is 64.7 Å². The standard InChI is InChI=1S/C38H43N5O9/c1-23-8-6-14-39-33(46)13-12-24(2)35(25(3)21-51-38(49)42-32-17-26-9-4-5-10-27(26)20-40-32)52-37(48)31-11-7-15-43(31)36(47)30-22-50-34(41-30)19-29(45)18-28(44)16-23/h4-6,8-10,12-13,16-17,20,22,24-25,28,31,35,44H,7,11,14-15,18-19,21H2,1-3H3,(H,39,46)(H,40,42,49)/b8-6+,13-12+,23-16+. The number of hydrogen-bond acceptors (Lipinski definition) is 11. The number of aliphatic hydroxyl groups excluding tert-OH is 1. The molecule has 5 unspecified atom stereocenters. The molecule has 5 rings (SSSR count). The summed E-state index contributed by atoms with van der Waals surface area (Å²) in [5.74, 6) is -2.67. The number of rotatable bonds is 4. The minimum Gasteiger partial charge on any atom is -0.460 e. The quantitative estimate of drug-likeness (QED) is 0.327. The van der Waals surface area contributed by atoms with E-state index in [9.17, 15) is 29.1 Å². The van der Waals surface area contributed by atoms with Crippen LogP contribution in [0.2, 0.25) is 0 Å². The molecule has 1 aromatic carbocycles. The largest absolute Gasteiger partial charge is 0.460 e. The minimum atomic E-state index is -1.05. The van der Waals surface area contributed by atoms with Gasteiger partial charge in [0.05, 0.1) is 19.1 Å². The summed E-state index contributed by atoms with van der Waals surface area (Å²) in [6.07, 6.45) is 8.48. The molecule has 14 heteroatoms. The number of nitrogens with one attached hydrogen (secondary N) is 2. The highest BCUT2D eigenvalue weighted by atomic mass is 16.6. The van der Waals surface area contributed by atoms with Gasteiger partial charge in [-0.15, -0.1) is 0 Å². The molecule has 4 heterocycles. The summed E-state index contributed by atoms with van der Waals surface area (Å²) in [5.41, 5.74) is 0.624. The molecule has 3 amide bonds. The second-order valence-electron chi connectivity index (χ2n) is 13.1. The van der Waals surface area contributed by atoms with E-state index in [1.165, 1.54) is 17.1 Å². The Hall–Kier alpha value is -5.63. The highest BCUT2D eigenvalue weighted by Gasteiger charge is 2.39. The molecule has 1 fully saturated rings. The number of benzene rings is 1. The average molecular weight is 714 g/mol. The Kier molecular flexibility index (Phi) is 12.7. The summed E-state index contributed by atoms with van der Waals surface area (Å²) in [5, 5.41) is 17.6. The predicted octanol–water partition coefficient (Wildman–Crippen LogP) is 4.31. The SMILES string of the molecule is CC1=C\C(O)CC(=O)Cc2nc(co2)C(=O)N2CCCC2C(=O)OC(C(C)COC(=O)Nc2cc3ccccc3cn2)C(C)/C=C/C(=O)NC\C=C\1. The van der Waals surface area contributed by atoms with E-state index in [1.54, 1.807) is 51.3 Å². The number of pyridine rings is 1. The van der Waals surface area contributed by atoms with Crippen molar-refractivity contribution < 1.29 is 43.0 Å². The number of esters is 1. The molecule has 0 radical (unpaired) electrons. The average Bonchev–Trinajstić information content (AvgIpc) is 3.80. The van der Waals surface area contributed by atoms with Gasteiger partial charge in [0.15, 0.2) is 5.69 Å². The second-order valence-corrected chi connectivity index (χ2v) is 13.1. The van der Waals surface area contributed by atoms with Crippen molar-refractivity contribution in [2.24, 2.45) is 11.8 Å². The minimum absolute atomic E-state index is 0.0172. The number of aromatic nitrogens is 2. The summed E-state index contributed by atoms with van der Waals surface area (Å²) in [4.78, 5) is 75.0. The Morgan fingerprint density at radius 3 is 2.77 bits per heavy atom. The lowest BCUT2D eigenvalue weighted by Gasteiger charge is -2.30. The van der Waals surface area contributed by atoms with Crippen LogP contribution < -0.4 is 10.6 Å². The first-order valence-electron chi connectivity index (χ1n) is 17.2. The lowest BCUT2D eigenvalue weighted by Crippen LogP contribution is -2.44. The molecule has 52 heavy (non-hydrogen) atoms. The number of fused-ring (bicyclic) bond motifs is 4. The number of carbonyl (C=O) groups excluding carboxylic acids is 5. The normalized spacial score (nSPS) is 25.2. The summed E-state index contributed by atoms with van der Waals surface area (Å²) >= 11 is 0. The number of ether oxygens (including phenoxy) is 2. The molecule has 3 N–H and O–H groups in total. The first-order valence-corrected chi connectivity index (χ1v) is 17.2. The predicted molar refractivity (Wildman–Crippen MR) is 190 cm³/mol. The monoisotopic (exact) mass is 713 g/mol. The van der Waals surface area contributed by atoms with Crippen LogP contribution in [0, 0.1) is 11.8 Å². The summed E-state index contributed by atoms with van der Waals surface area (Å²) in [6, 6.07) is 8.38. The van der Waals surface area contributed by atoms with Crippen LogP contribution in [0.15, 0.2) is 83.2 Å². The maximum Gasteiger partial charge on any atom is 0.412 e. The van der Waals surface area contributed by atoms with Crippen molar-refractivity contribution in [1.29, 1.82) is 0 Å². The number of hydrogen-bond donors (Lipinski definition) is 3. The number of carbonyl (C=O) groups is 5. The van der Waals surface area contributed by atoms with Crippen molar-refractivity contribution in [3.63, 3.8) is 0 Å². The van der Waals surface area contributed by atoms with Crippen molar-refractivity contribution in [1.82, 2.24) is 20.2 Å². The maximum absolute atomic E-state index is 13.7. The molecule has 14 nitrogen and oxygen atoms in total. The van der Waals surface area contributed by atoms with Crippen molar-refractivity contribution in [3.05, 3.63) is 90.3 Å². The summed E-state index contributed by atoms with van der Waals surface area (Å²) in [7, 11) is 0. The van der Waals surface area contributed by atoms with E-state index in [0.717, 1.165) is 17.0 Å². The third-order valence-corrected chi connectivity index (χ3v) is 8.79. The van der Waals surface area contributed by atoms with Gasteiger partial charge >= 0.3 is 12.1 Å². The van der Waals surface area contributed by atoms with E-state index in [1.807, 2.05) is 24.3 Å². The van der Waals surface area contributed by atoms with Gasteiger partial charge < -0.3 is 29.2 Å². The third kappa shape index (κ3) is 10.2. The first kappa shape index (κ1) is 37.6. The highest BCUT2D eigenvalue weighted by Crippen LogP contribution is 2.26. The van der Waals surface area contributed by atoms with E-state index in [4.69, 9.17) is 13.9 Å². The number of cyclic esters (lactones) is 1. The zero-order chi connectivity index (χ0) is 37.2. The molecular weight excluding hydrogens is 670 g/mol. The zero-order valence-corrected chi connectivity index (χ0v) is 29.3. The van der Waals surface area contributed by atoms with Crippen LogP contribution in [0.1, 0.15) is 56.4 Å². The van der Waals surface area contributed by atoms with Crippen LogP contribution in [0.5, 0.6) is 0 Å². The molecule has 0 saturated carbocycles. The van der Waals surface area contributed by atoms with Gasteiger partial charge in [0.2, 0.25) is 11.8 Å². The maximum atomic E-state index is 13.7. The smallest absolute Gasteiger partial charge is 0.412 e. The number of oxazole rings is 1. The van der Waals surface area contributed by atoms with Gasteiger partial charge in [-0.05, 0) is 37.3 Å². The number of ketones is 1. The van der Waals surface area contributed by atoms with Gasteiger partial charge in [-0.25, -0.2) is 19.6 Å². The highest BCUT2D eigenvalue weighted by molar-refractivity contribution is 5.95. The van der Waals surface area contributed by atoms with E-state index < -0.39 is 54.0 Å². The van der Waals surface area contributed by atoms with Gasteiger partial charge in [-0.1, -0.05) is 68.0 Å². The van der Waals surface area contributed by atoms with Crippen LogP contribution in [-0.4, -0.2) is 87.6 Å². The Labute approximate surface area is 301 Å². The van der Waals surface area contributed by atoms with Crippen molar-refractivity contribution in [2.75, 3.05) is 25.0 Å². The third-order valence-electron chi connectivity index (χ3n) is 8.79. The number of aliphatic hydroxyl groups is 1. The molecule has 2 aliphatic heterocycles. The lowest BCUT2D eigenvalue weighted by molar-refractivity contribution is -0.159. The van der Waals surface area contributed by atoms with Crippen LogP contribution in [0.3, 0.4) is 0 Å². The van der Waals surface area contributed by atoms with Crippen LogP contribution >= 0.6 is 0 Å². The Morgan fingerprint density at radius 1 is 1.17 bits per heavy atom. The molecule has 2 bridgehead atoms. The lowest BCUT2D eigenvalue weighted by atomic mass is 9.93. The van der Waals surface area contributed by atoms with Crippen LogP contribution in [0.25, 0.3) is 10.8 Å². The Balaban J connectivity index is 1.32. The van der Waals surface area contributed by atoms with E-state index in [0.29, 0.717) is 24.2 Å². The van der Waals surface area contributed by atoms with Gasteiger partial charge in [-0.2, -0.15) is 0 Å². The topological polar surface area (TPSA) is 190 Å². The Morgan fingerprint density at radius 2 is 1.96 bits per heavy atom. The van der Waals surface area contributed by atoms with E-state index in [-0.39, 0.29) is 49.9 Å². The molecule has 0 aliphatic carbocycles. The molecule has 5 atom stereocenters. The molecule has 1 saturated heterocycles. The summed E-state index contributed by atoms with van der Waals surface area (Å²) < 4.78 is 17.0. The number of anilines is 1. The van der Waals surface area contributed by atoms with E-state index in [2.05, 4.69) is 20.6 Å². The zero-order valence-electron chi connectivity index (χ0n) is 29.3. The number of Topliss-reactive ketones (excluding diaryl/α,β-unsaturated/α-hetero) is 1. The fourth-order valence-corrected chi connectivity index (χ4v) is 6.15. The molecule has 2 aromatic heterocycles. The van der Waals surface area contributed by atoms with Gasteiger partial charge in [0.25, 0.3) is 5.91 Å². The fraction of sp³-hybridized carbons (Fsp3) is 0.395. The van der Waals surface area contributed by atoms with E-state index >= 15 is 0 Å². The number of nitrogens with zero attached hydrogens (tertiary/aromatic N) is 3. The fourth-order valence-electron chi connectivity index (χ4n) is 6.15. The molecular formula is C38H43N5O9. The van der Waals surface area contributed by atoms with Crippen LogP contribution in [0.4, 0.5) is 10.6 Å². The second kappa shape index (κ2) is 17.5. The molecule has 0 spiro atoms. The van der Waals surface area contributed by atoms with Gasteiger partial charge in [-0.3, -0.25) is 19.7 Å².